The maximum Gasteiger partial charge on any atom is 0.322 e. The van der Waals surface area contributed by atoms with Gasteiger partial charge >= 0.3 is 6.03 Å². The number of tetrazole rings is 1. The third kappa shape index (κ3) is 4.45. The molecule has 0 radical (unpaired) electrons. The molecule has 2 aromatic carbocycles. The van der Waals surface area contributed by atoms with Gasteiger partial charge in [-0.15, -0.1) is 5.10 Å². The average molecular weight is 447 g/mol. The minimum absolute atomic E-state index is 0.00998. The number of nitrogens with one attached hydrogen (secondary N) is 1. The number of rotatable bonds is 6. The Hall–Kier alpha value is -3.72. The van der Waals surface area contributed by atoms with Crippen LogP contribution in [0.2, 0.25) is 0 Å². The highest BCUT2D eigenvalue weighted by Gasteiger charge is 2.24. The SMILES string of the molecule is COc1cccc(NC(=O)N(Cc2cc3cc(C)ccc3n3nnnc23)C[C@@H]2CCCO2)c1. The molecule has 33 heavy (non-hydrogen) atoms. The zero-order valence-corrected chi connectivity index (χ0v) is 18.7. The molecule has 0 spiro atoms. The molecule has 1 saturated heterocycles. The molecule has 5 rings (SSSR count). The number of aryl methyl sites for hydroxylation is 1. The second kappa shape index (κ2) is 9.03. The third-order valence-electron chi connectivity index (χ3n) is 5.92. The fraction of sp³-hybridized carbons (Fsp3) is 0.333. The molecule has 1 aliphatic rings. The summed E-state index contributed by atoms with van der Waals surface area (Å²) in [6.45, 7) is 3.61. The highest BCUT2D eigenvalue weighted by Crippen LogP contribution is 2.24. The van der Waals surface area contributed by atoms with Crippen molar-refractivity contribution in [1.29, 1.82) is 0 Å². The number of carbonyl (C=O) groups excluding carboxylic acids is 1. The topological polar surface area (TPSA) is 93.9 Å². The molecule has 0 saturated carbocycles. The summed E-state index contributed by atoms with van der Waals surface area (Å²) in [5.74, 6) is 0.680. The smallest absolute Gasteiger partial charge is 0.322 e. The van der Waals surface area contributed by atoms with Gasteiger partial charge in [-0.3, -0.25) is 0 Å². The van der Waals surface area contributed by atoms with E-state index in [9.17, 15) is 4.79 Å². The van der Waals surface area contributed by atoms with Crippen molar-refractivity contribution in [2.45, 2.75) is 32.4 Å². The van der Waals surface area contributed by atoms with E-state index >= 15 is 0 Å². The molecule has 2 aromatic heterocycles. The van der Waals surface area contributed by atoms with Gasteiger partial charge < -0.3 is 19.7 Å². The standard InChI is InChI=1S/C24H26N6O3/c1-16-8-9-22-17(11-16)12-18(23-26-27-28-30(22)23)14-29(15-21-7-4-10-33-21)24(31)25-19-5-3-6-20(13-19)32-2/h3,5-6,8-9,11-13,21H,4,7,10,14-15H2,1-2H3,(H,25,31)/t21-/m0/s1. The van der Waals surface area contributed by atoms with Crippen LogP contribution in [0, 0.1) is 6.92 Å². The number of hydrogen-bond donors (Lipinski definition) is 1. The lowest BCUT2D eigenvalue weighted by Gasteiger charge is -2.26. The van der Waals surface area contributed by atoms with Crippen molar-refractivity contribution in [2.75, 3.05) is 25.6 Å². The number of urea groups is 1. The predicted octanol–water partition coefficient (Wildman–Crippen LogP) is 3.81. The molecule has 1 fully saturated rings. The first-order chi connectivity index (χ1) is 16.1. The Morgan fingerprint density at radius 3 is 3.00 bits per heavy atom. The molecular formula is C24H26N6O3. The number of benzene rings is 2. The summed E-state index contributed by atoms with van der Waals surface area (Å²) in [7, 11) is 1.60. The number of methoxy groups -OCH3 is 1. The molecule has 1 N–H and O–H groups in total. The van der Waals surface area contributed by atoms with Crippen molar-refractivity contribution in [2.24, 2.45) is 0 Å². The molecular weight excluding hydrogens is 420 g/mol. The van der Waals surface area contributed by atoms with E-state index in [-0.39, 0.29) is 12.1 Å². The maximum atomic E-state index is 13.4. The number of anilines is 1. The van der Waals surface area contributed by atoms with Gasteiger partial charge in [0.15, 0.2) is 5.65 Å². The number of fused-ring (bicyclic) bond motifs is 3. The van der Waals surface area contributed by atoms with Crippen LogP contribution in [0.1, 0.15) is 24.0 Å². The summed E-state index contributed by atoms with van der Waals surface area (Å²) in [6, 6.07) is 15.3. The molecule has 9 heteroatoms. The van der Waals surface area contributed by atoms with Gasteiger partial charge in [0, 0.05) is 35.9 Å². The third-order valence-corrected chi connectivity index (χ3v) is 5.92. The van der Waals surface area contributed by atoms with Crippen LogP contribution in [0.25, 0.3) is 16.6 Å². The van der Waals surface area contributed by atoms with Gasteiger partial charge in [-0.1, -0.05) is 17.7 Å². The number of ether oxygens (including phenoxy) is 2. The lowest BCUT2D eigenvalue weighted by molar-refractivity contribution is 0.0820. The van der Waals surface area contributed by atoms with E-state index in [1.54, 1.807) is 22.6 Å². The number of amides is 2. The Labute approximate surface area is 191 Å². The molecule has 9 nitrogen and oxygen atoms in total. The number of pyridine rings is 1. The van der Waals surface area contributed by atoms with Gasteiger partial charge in [-0.2, -0.15) is 4.52 Å². The van der Waals surface area contributed by atoms with Gasteiger partial charge in [-0.05, 0) is 60.5 Å². The minimum Gasteiger partial charge on any atom is -0.497 e. The first kappa shape index (κ1) is 21.1. The van der Waals surface area contributed by atoms with Crippen molar-refractivity contribution < 1.29 is 14.3 Å². The zero-order valence-electron chi connectivity index (χ0n) is 18.7. The molecule has 2 amide bonds. The molecule has 170 valence electrons. The highest BCUT2D eigenvalue weighted by molar-refractivity contribution is 5.90. The molecule has 3 heterocycles. The molecule has 0 aliphatic carbocycles. The monoisotopic (exact) mass is 446 g/mol. The molecule has 1 aliphatic heterocycles. The van der Waals surface area contributed by atoms with Crippen molar-refractivity contribution in [1.82, 2.24) is 24.9 Å². The Morgan fingerprint density at radius 2 is 2.18 bits per heavy atom. The Bertz CT molecular complexity index is 1300. The first-order valence-corrected chi connectivity index (χ1v) is 11.0. The summed E-state index contributed by atoms with van der Waals surface area (Å²) in [4.78, 5) is 15.1. The van der Waals surface area contributed by atoms with Crippen LogP contribution in [0.5, 0.6) is 5.75 Å². The fourth-order valence-electron chi connectivity index (χ4n) is 4.26. The summed E-state index contributed by atoms with van der Waals surface area (Å²) >= 11 is 0. The van der Waals surface area contributed by atoms with Crippen molar-refractivity contribution >= 4 is 28.3 Å². The number of hydrogen-bond acceptors (Lipinski definition) is 6. The lowest BCUT2D eigenvalue weighted by atomic mass is 10.1. The van der Waals surface area contributed by atoms with E-state index in [0.29, 0.717) is 30.2 Å². The van der Waals surface area contributed by atoms with Gasteiger partial charge in [-0.25, -0.2) is 4.79 Å². The molecule has 1 atom stereocenters. The first-order valence-electron chi connectivity index (χ1n) is 11.0. The number of carbonyl (C=O) groups is 1. The van der Waals surface area contributed by atoms with E-state index in [1.807, 2.05) is 37.3 Å². The Kier molecular flexibility index (Phi) is 5.78. The van der Waals surface area contributed by atoms with Gasteiger partial charge in [0.05, 0.1) is 25.3 Å². The highest BCUT2D eigenvalue weighted by atomic mass is 16.5. The number of nitrogens with zero attached hydrogens (tertiary/aromatic N) is 5. The van der Waals surface area contributed by atoms with Crippen molar-refractivity contribution in [3.05, 3.63) is 59.7 Å². The van der Waals surface area contributed by atoms with Crippen LogP contribution < -0.4 is 10.1 Å². The van der Waals surface area contributed by atoms with Crippen LogP contribution in [-0.2, 0) is 11.3 Å². The average Bonchev–Trinajstić information content (AvgIpc) is 3.51. The van der Waals surface area contributed by atoms with E-state index in [2.05, 4.69) is 33.0 Å². The Balaban J connectivity index is 1.48. The lowest BCUT2D eigenvalue weighted by Crippen LogP contribution is -2.39. The summed E-state index contributed by atoms with van der Waals surface area (Å²) in [5, 5.41) is 16.3. The second-order valence-corrected chi connectivity index (χ2v) is 8.32. The minimum atomic E-state index is -0.214. The number of aromatic nitrogens is 4. The molecule has 0 unspecified atom stereocenters. The van der Waals surface area contributed by atoms with Crippen LogP contribution >= 0.6 is 0 Å². The molecule has 4 aromatic rings. The van der Waals surface area contributed by atoms with E-state index in [1.165, 1.54) is 0 Å². The fourth-order valence-corrected chi connectivity index (χ4v) is 4.26. The van der Waals surface area contributed by atoms with Gasteiger partial charge in [0.1, 0.15) is 5.75 Å². The van der Waals surface area contributed by atoms with Crippen LogP contribution in [0.3, 0.4) is 0 Å². The second-order valence-electron chi connectivity index (χ2n) is 8.32. The van der Waals surface area contributed by atoms with Gasteiger partial charge in [0.2, 0.25) is 0 Å². The summed E-state index contributed by atoms with van der Waals surface area (Å²) in [5.41, 5.74) is 4.25. The van der Waals surface area contributed by atoms with Crippen LogP contribution in [0.4, 0.5) is 10.5 Å². The van der Waals surface area contributed by atoms with Crippen LogP contribution in [-0.4, -0.2) is 57.3 Å². The quantitative estimate of drug-likeness (QED) is 0.484. The maximum absolute atomic E-state index is 13.4. The predicted molar refractivity (Wildman–Crippen MR) is 124 cm³/mol. The summed E-state index contributed by atoms with van der Waals surface area (Å²) in [6.07, 6.45) is 1.95. The summed E-state index contributed by atoms with van der Waals surface area (Å²) < 4.78 is 12.8. The van der Waals surface area contributed by atoms with E-state index in [4.69, 9.17) is 9.47 Å². The normalized spacial score (nSPS) is 15.8. The van der Waals surface area contributed by atoms with Gasteiger partial charge in [0.25, 0.3) is 0 Å². The largest absolute Gasteiger partial charge is 0.497 e. The van der Waals surface area contributed by atoms with Crippen molar-refractivity contribution in [3.8, 4) is 5.75 Å². The van der Waals surface area contributed by atoms with E-state index in [0.717, 1.165) is 41.5 Å². The molecule has 0 bridgehead atoms. The zero-order chi connectivity index (χ0) is 22.8. The van der Waals surface area contributed by atoms with E-state index < -0.39 is 0 Å². The Morgan fingerprint density at radius 1 is 1.27 bits per heavy atom. The van der Waals surface area contributed by atoms with Crippen molar-refractivity contribution in [3.63, 3.8) is 0 Å². The van der Waals surface area contributed by atoms with Crippen LogP contribution in [0.15, 0.2) is 48.5 Å².